The molecule has 0 spiro atoms. The molecule has 0 aliphatic carbocycles. The van der Waals surface area contributed by atoms with Crippen LogP contribution >= 0.6 is 0 Å². The van der Waals surface area contributed by atoms with Gasteiger partial charge < -0.3 is 15.2 Å². The first-order chi connectivity index (χ1) is 6.87. The van der Waals surface area contributed by atoms with E-state index >= 15 is 0 Å². The maximum Gasteiger partial charge on any atom is 0.407 e. The maximum atomic E-state index is 10.9. The van der Waals surface area contributed by atoms with Crippen molar-refractivity contribution in [1.29, 1.82) is 0 Å². The minimum absolute atomic E-state index is 0.0207. The van der Waals surface area contributed by atoms with Crippen LogP contribution in [0.1, 0.15) is 6.92 Å². The van der Waals surface area contributed by atoms with Gasteiger partial charge in [0.25, 0.3) is 0 Å². The molecule has 0 atom stereocenters. The number of hydrogen-bond donors (Lipinski definition) is 2. The van der Waals surface area contributed by atoms with E-state index in [1.807, 2.05) is 5.32 Å². The van der Waals surface area contributed by atoms with Gasteiger partial charge in [0.15, 0.2) is 9.84 Å². The van der Waals surface area contributed by atoms with E-state index in [-0.39, 0.29) is 18.1 Å². The molecule has 0 heterocycles. The lowest BCUT2D eigenvalue weighted by Gasteiger charge is -2.04. The summed E-state index contributed by atoms with van der Waals surface area (Å²) in [5.41, 5.74) is 0. The van der Waals surface area contributed by atoms with E-state index in [2.05, 4.69) is 4.74 Å². The average Bonchev–Trinajstić information content (AvgIpc) is 2.14. The van der Waals surface area contributed by atoms with Crippen molar-refractivity contribution >= 4 is 21.9 Å². The summed E-state index contributed by atoms with van der Waals surface area (Å²) in [5, 5.41) is 10.1. The highest BCUT2D eigenvalue weighted by atomic mass is 32.2. The second kappa shape index (κ2) is 6.23. The van der Waals surface area contributed by atoms with Gasteiger partial charge >= 0.3 is 12.1 Å². The Bertz CT molecular complexity index is 322. The Kier molecular flexibility index (Phi) is 5.68. The lowest BCUT2D eigenvalue weighted by molar-refractivity contribution is -0.135. The molecule has 2 N–H and O–H groups in total. The van der Waals surface area contributed by atoms with Crippen LogP contribution in [-0.2, 0) is 19.4 Å². The number of sulfone groups is 1. The summed E-state index contributed by atoms with van der Waals surface area (Å²) in [6.45, 7) is 0.654. The van der Waals surface area contributed by atoms with Gasteiger partial charge in [0.2, 0.25) is 0 Å². The van der Waals surface area contributed by atoms with Crippen LogP contribution in [0.15, 0.2) is 0 Å². The molecule has 0 aliphatic rings. The third-order valence-corrected chi connectivity index (χ3v) is 3.12. The van der Waals surface area contributed by atoms with Crippen molar-refractivity contribution in [3.63, 3.8) is 0 Å². The number of carboxylic acids is 1. The molecule has 88 valence electrons. The number of nitrogens with one attached hydrogen (secondary N) is 1. The molecule has 15 heavy (non-hydrogen) atoms. The van der Waals surface area contributed by atoms with Crippen molar-refractivity contribution < 1.29 is 27.9 Å². The molecule has 0 fully saturated rings. The van der Waals surface area contributed by atoms with Crippen molar-refractivity contribution in [2.24, 2.45) is 0 Å². The zero-order valence-electron chi connectivity index (χ0n) is 8.23. The summed E-state index contributed by atoms with van der Waals surface area (Å²) in [6, 6.07) is 0. The highest BCUT2D eigenvalue weighted by Gasteiger charge is 2.09. The number of amides is 1. The minimum atomic E-state index is -3.17. The van der Waals surface area contributed by atoms with Crippen LogP contribution in [0.3, 0.4) is 0 Å². The number of carboxylic acid groups (broad SMARTS) is 1. The molecule has 0 saturated heterocycles. The summed E-state index contributed by atoms with van der Waals surface area (Å²) >= 11 is 0. The number of aliphatic carboxylic acids is 1. The van der Waals surface area contributed by atoms with E-state index in [0.717, 1.165) is 0 Å². The van der Waals surface area contributed by atoms with E-state index < -0.39 is 28.4 Å². The van der Waals surface area contributed by atoms with Crippen LogP contribution < -0.4 is 5.32 Å². The number of hydrogen-bond acceptors (Lipinski definition) is 5. The van der Waals surface area contributed by atoms with Crippen LogP contribution in [0, 0.1) is 0 Å². The topological polar surface area (TPSA) is 110 Å². The van der Waals surface area contributed by atoms with Gasteiger partial charge in [-0.05, 0) is 0 Å². The van der Waals surface area contributed by atoms with E-state index in [0.29, 0.717) is 0 Å². The predicted octanol–water partition coefficient (Wildman–Crippen LogP) is -0.768. The third kappa shape index (κ3) is 7.74. The summed E-state index contributed by atoms with van der Waals surface area (Å²) in [6.07, 6.45) is -0.941. The molecule has 0 saturated carbocycles. The second-order valence-corrected chi connectivity index (χ2v) is 5.09. The molecule has 0 bridgehead atoms. The molecular weight excluding hydrogens is 226 g/mol. The molecule has 0 rings (SSSR count). The molecule has 0 aliphatic heterocycles. The number of ether oxygens (including phenoxy) is 1. The van der Waals surface area contributed by atoms with Crippen LogP contribution in [0.25, 0.3) is 0 Å². The standard InChI is InChI=1S/C7H13NO6S/c1-2-15(12,13)4-3-14-7(11)8-5-6(9)10/h2-5H2,1H3,(H,8,11)(H,9,10). The molecule has 0 aromatic rings. The van der Waals surface area contributed by atoms with Crippen molar-refractivity contribution in [3.05, 3.63) is 0 Å². The highest BCUT2D eigenvalue weighted by molar-refractivity contribution is 7.91. The molecule has 8 heteroatoms. The first kappa shape index (κ1) is 13.7. The van der Waals surface area contributed by atoms with Gasteiger partial charge in [-0.3, -0.25) is 4.79 Å². The van der Waals surface area contributed by atoms with Gasteiger partial charge in [0.1, 0.15) is 13.2 Å². The Labute approximate surface area is 87.3 Å². The van der Waals surface area contributed by atoms with Gasteiger partial charge in [-0.2, -0.15) is 0 Å². The number of carbonyl (C=O) groups is 2. The maximum absolute atomic E-state index is 10.9. The van der Waals surface area contributed by atoms with Gasteiger partial charge in [-0.25, -0.2) is 13.2 Å². The third-order valence-electron chi connectivity index (χ3n) is 1.45. The second-order valence-electron chi connectivity index (χ2n) is 2.62. The molecule has 0 aromatic carbocycles. The summed E-state index contributed by atoms with van der Waals surface area (Å²) < 4.78 is 26.3. The van der Waals surface area contributed by atoms with Gasteiger partial charge in [0, 0.05) is 5.75 Å². The fraction of sp³-hybridized carbons (Fsp3) is 0.714. The van der Waals surface area contributed by atoms with E-state index in [1.54, 1.807) is 0 Å². The SMILES string of the molecule is CCS(=O)(=O)CCOC(=O)NCC(=O)O. The van der Waals surface area contributed by atoms with Crippen molar-refractivity contribution in [2.45, 2.75) is 6.92 Å². The zero-order chi connectivity index (χ0) is 11.9. The van der Waals surface area contributed by atoms with Gasteiger partial charge in [-0.15, -0.1) is 0 Å². The number of alkyl carbamates (subject to hydrolysis) is 1. The van der Waals surface area contributed by atoms with Gasteiger partial charge in [0.05, 0.1) is 5.75 Å². The predicted molar refractivity (Wildman–Crippen MR) is 51.3 cm³/mol. The fourth-order valence-corrected chi connectivity index (χ4v) is 1.23. The Hall–Kier alpha value is -1.31. The Morgan fingerprint density at radius 1 is 1.40 bits per heavy atom. The average molecular weight is 239 g/mol. The fourth-order valence-electron chi connectivity index (χ4n) is 0.604. The highest BCUT2D eigenvalue weighted by Crippen LogP contribution is 1.89. The Balaban J connectivity index is 3.69. The van der Waals surface area contributed by atoms with Crippen molar-refractivity contribution in [1.82, 2.24) is 5.32 Å². The zero-order valence-corrected chi connectivity index (χ0v) is 9.04. The van der Waals surface area contributed by atoms with Crippen molar-refractivity contribution in [2.75, 3.05) is 24.7 Å². The summed E-state index contributed by atoms with van der Waals surface area (Å²) in [4.78, 5) is 20.7. The molecular formula is C7H13NO6S. The summed E-state index contributed by atoms with van der Waals surface area (Å²) in [5.74, 6) is -1.48. The largest absolute Gasteiger partial charge is 0.480 e. The monoisotopic (exact) mass is 239 g/mol. The molecule has 7 nitrogen and oxygen atoms in total. The normalized spacial score (nSPS) is 10.7. The Morgan fingerprint density at radius 2 is 2.00 bits per heavy atom. The molecule has 0 aromatic heterocycles. The molecule has 0 unspecified atom stereocenters. The minimum Gasteiger partial charge on any atom is -0.480 e. The quantitative estimate of drug-likeness (QED) is 0.630. The smallest absolute Gasteiger partial charge is 0.407 e. The molecule has 1 amide bonds. The van der Waals surface area contributed by atoms with Crippen LogP contribution in [0.2, 0.25) is 0 Å². The van der Waals surface area contributed by atoms with Crippen molar-refractivity contribution in [3.8, 4) is 0 Å². The van der Waals surface area contributed by atoms with E-state index in [9.17, 15) is 18.0 Å². The lowest BCUT2D eigenvalue weighted by atomic mass is 10.7. The van der Waals surface area contributed by atoms with E-state index in [4.69, 9.17) is 5.11 Å². The Morgan fingerprint density at radius 3 is 2.47 bits per heavy atom. The van der Waals surface area contributed by atoms with Crippen LogP contribution in [-0.4, -0.2) is 50.2 Å². The van der Waals surface area contributed by atoms with Gasteiger partial charge in [-0.1, -0.05) is 6.92 Å². The van der Waals surface area contributed by atoms with E-state index in [1.165, 1.54) is 6.92 Å². The lowest BCUT2D eigenvalue weighted by Crippen LogP contribution is -2.31. The van der Waals surface area contributed by atoms with Crippen LogP contribution in [0.4, 0.5) is 4.79 Å². The number of carbonyl (C=O) groups excluding carboxylic acids is 1. The number of rotatable bonds is 6. The molecule has 0 radical (unpaired) electrons. The summed E-state index contributed by atoms with van der Waals surface area (Å²) in [7, 11) is -3.17. The first-order valence-corrected chi connectivity index (χ1v) is 6.02. The first-order valence-electron chi connectivity index (χ1n) is 4.20. The van der Waals surface area contributed by atoms with Crippen LogP contribution in [0.5, 0.6) is 0 Å².